The Morgan fingerprint density at radius 3 is 2.05 bits per heavy atom. The number of rotatable bonds is 4. The first-order valence-electron chi connectivity index (χ1n) is 7.05. The molecular weight excluding hydrogens is 334 g/mol. The molecule has 0 spiro atoms. The van der Waals surface area contributed by atoms with E-state index in [0.717, 1.165) is 50.7 Å². The van der Waals surface area contributed by atoms with Crippen LogP contribution in [-0.4, -0.2) is 20.5 Å². The van der Waals surface area contributed by atoms with Crippen LogP contribution >= 0.6 is 12.4 Å². The summed E-state index contributed by atoms with van der Waals surface area (Å²) in [5, 5.41) is 0. The van der Waals surface area contributed by atoms with Crippen molar-refractivity contribution in [3.05, 3.63) is 29.8 Å². The molecule has 0 aromatic heterocycles. The highest BCUT2D eigenvalue weighted by atomic mass is 35.5. The summed E-state index contributed by atoms with van der Waals surface area (Å²) in [7, 11) is -3.96. The first-order valence-corrected chi connectivity index (χ1v) is 8.54. The lowest BCUT2D eigenvalue weighted by molar-refractivity contribution is 0.369. The summed E-state index contributed by atoms with van der Waals surface area (Å²) in [6, 6.07) is 2.22. The van der Waals surface area contributed by atoms with E-state index in [1.807, 2.05) is 0 Å². The van der Waals surface area contributed by atoms with Gasteiger partial charge in [0.15, 0.2) is 0 Å². The summed E-state index contributed by atoms with van der Waals surface area (Å²) in [6.45, 7) is 0.0769. The molecule has 0 atom stereocenters. The molecule has 126 valence electrons. The van der Waals surface area contributed by atoms with Crippen molar-refractivity contribution in [3.8, 4) is 0 Å². The Hall–Kier alpha value is -0.760. The molecule has 8 heteroatoms. The van der Waals surface area contributed by atoms with Gasteiger partial charge in [0.25, 0.3) is 0 Å². The maximum Gasteiger partial charge on any atom is 0.240 e. The zero-order chi connectivity index (χ0) is 15.5. The minimum Gasteiger partial charge on any atom is -0.324 e. The highest BCUT2D eigenvalue weighted by molar-refractivity contribution is 7.89. The Balaban J connectivity index is 0.00000242. The molecule has 0 radical (unpaired) electrons. The smallest absolute Gasteiger partial charge is 0.240 e. The van der Waals surface area contributed by atoms with Gasteiger partial charge in [-0.1, -0.05) is 25.7 Å². The SMILES string of the molecule is Cl.NC1(CNS(=O)(=O)c2cc(F)cc(F)c2)CCCCCC1. The van der Waals surface area contributed by atoms with Crippen LogP contribution in [0.2, 0.25) is 0 Å². The van der Waals surface area contributed by atoms with Gasteiger partial charge in [-0.2, -0.15) is 0 Å². The Labute approximate surface area is 135 Å². The largest absolute Gasteiger partial charge is 0.324 e. The van der Waals surface area contributed by atoms with E-state index in [2.05, 4.69) is 4.72 Å². The van der Waals surface area contributed by atoms with E-state index in [1.54, 1.807) is 0 Å². The molecule has 1 aromatic rings. The van der Waals surface area contributed by atoms with E-state index in [1.165, 1.54) is 0 Å². The van der Waals surface area contributed by atoms with Crippen LogP contribution < -0.4 is 10.5 Å². The third-order valence-corrected chi connectivity index (χ3v) is 5.24. The van der Waals surface area contributed by atoms with Gasteiger partial charge in [-0.15, -0.1) is 12.4 Å². The van der Waals surface area contributed by atoms with Crippen molar-refractivity contribution in [2.24, 2.45) is 5.73 Å². The fraction of sp³-hybridized carbons (Fsp3) is 0.571. The average Bonchev–Trinajstić information content (AvgIpc) is 2.61. The molecule has 1 fully saturated rings. The third kappa shape index (κ3) is 5.15. The predicted octanol–water partition coefficient (Wildman–Crippen LogP) is 2.72. The van der Waals surface area contributed by atoms with Crippen molar-refractivity contribution in [1.29, 1.82) is 0 Å². The fourth-order valence-corrected chi connectivity index (χ4v) is 3.79. The van der Waals surface area contributed by atoms with Gasteiger partial charge in [0.1, 0.15) is 11.6 Å². The molecule has 0 amide bonds. The predicted molar refractivity (Wildman–Crippen MR) is 83.4 cm³/mol. The second-order valence-corrected chi connectivity index (χ2v) is 7.47. The summed E-state index contributed by atoms with van der Waals surface area (Å²) in [5.74, 6) is -1.85. The lowest BCUT2D eigenvalue weighted by atomic mass is 9.92. The number of nitrogens with one attached hydrogen (secondary N) is 1. The third-order valence-electron chi connectivity index (χ3n) is 3.86. The van der Waals surface area contributed by atoms with Crippen LogP contribution in [0, 0.1) is 11.6 Å². The summed E-state index contributed by atoms with van der Waals surface area (Å²) in [6.07, 6.45) is 5.61. The quantitative estimate of drug-likeness (QED) is 0.816. The lowest BCUT2D eigenvalue weighted by Gasteiger charge is -2.28. The van der Waals surface area contributed by atoms with Gasteiger partial charge in [0.05, 0.1) is 4.90 Å². The number of nitrogens with two attached hydrogens (primary N) is 1. The first kappa shape index (κ1) is 19.3. The molecule has 0 bridgehead atoms. The normalized spacial score (nSPS) is 18.3. The molecule has 1 aliphatic rings. The number of hydrogen-bond acceptors (Lipinski definition) is 3. The van der Waals surface area contributed by atoms with E-state index in [-0.39, 0.29) is 19.0 Å². The monoisotopic (exact) mass is 354 g/mol. The van der Waals surface area contributed by atoms with Gasteiger partial charge >= 0.3 is 0 Å². The van der Waals surface area contributed by atoms with Crippen LogP contribution in [0.4, 0.5) is 8.78 Å². The number of halogens is 3. The number of sulfonamides is 1. The van der Waals surface area contributed by atoms with Crippen molar-refractivity contribution >= 4 is 22.4 Å². The maximum absolute atomic E-state index is 13.1. The minimum absolute atomic E-state index is 0. The van der Waals surface area contributed by atoms with Crippen LogP contribution in [0.3, 0.4) is 0 Å². The molecule has 0 heterocycles. The van der Waals surface area contributed by atoms with Crippen LogP contribution in [-0.2, 0) is 10.0 Å². The molecule has 0 aliphatic heterocycles. The molecule has 3 N–H and O–H groups in total. The molecule has 1 aliphatic carbocycles. The van der Waals surface area contributed by atoms with Crippen molar-refractivity contribution in [3.63, 3.8) is 0 Å². The molecule has 0 saturated heterocycles. The molecule has 1 saturated carbocycles. The van der Waals surface area contributed by atoms with Gasteiger partial charge in [0, 0.05) is 18.2 Å². The summed E-state index contributed by atoms with van der Waals surface area (Å²) >= 11 is 0. The molecule has 0 unspecified atom stereocenters. The molecule has 22 heavy (non-hydrogen) atoms. The average molecular weight is 355 g/mol. The van der Waals surface area contributed by atoms with Gasteiger partial charge < -0.3 is 5.73 Å². The minimum atomic E-state index is -3.96. The van der Waals surface area contributed by atoms with Gasteiger partial charge in [-0.25, -0.2) is 21.9 Å². The molecule has 1 aromatic carbocycles. The van der Waals surface area contributed by atoms with Crippen LogP contribution in [0.5, 0.6) is 0 Å². The van der Waals surface area contributed by atoms with Crippen molar-refractivity contribution < 1.29 is 17.2 Å². The second-order valence-electron chi connectivity index (χ2n) is 5.71. The van der Waals surface area contributed by atoms with Crippen molar-refractivity contribution in [2.75, 3.05) is 6.54 Å². The van der Waals surface area contributed by atoms with Crippen LogP contribution in [0.25, 0.3) is 0 Å². The van der Waals surface area contributed by atoms with E-state index in [4.69, 9.17) is 5.73 Å². The second kappa shape index (κ2) is 7.68. The van der Waals surface area contributed by atoms with Gasteiger partial charge in [-0.3, -0.25) is 0 Å². The topological polar surface area (TPSA) is 72.2 Å². The standard InChI is InChI=1S/C14H20F2N2O2S.ClH/c15-11-7-12(16)9-13(8-11)21(19,20)18-10-14(17)5-3-1-2-4-6-14;/h7-9,18H,1-6,10,17H2;1H. The molecule has 4 nitrogen and oxygen atoms in total. The zero-order valence-electron chi connectivity index (χ0n) is 12.1. The first-order chi connectivity index (χ1) is 9.81. The van der Waals surface area contributed by atoms with Crippen LogP contribution in [0.1, 0.15) is 38.5 Å². The summed E-state index contributed by atoms with van der Waals surface area (Å²) in [4.78, 5) is -0.419. The summed E-state index contributed by atoms with van der Waals surface area (Å²) < 4.78 is 52.8. The van der Waals surface area contributed by atoms with E-state index in [0.29, 0.717) is 6.07 Å². The van der Waals surface area contributed by atoms with Gasteiger partial charge in [0.2, 0.25) is 10.0 Å². The number of hydrogen-bond donors (Lipinski definition) is 2. The Morgan fingerprint density at radius 2 is 1.55 bits per heavy atom. The molecular formula is C14H21ClF2N2O2S. The highest BCUT2D eigenvalue weighted by Crippen LogP contribution is 2.25. The highest BCUT2D eigenvalue weighted by Gasteiger charge is 2.28. The Kier molecular flexibility index (Phi) is 6.73. The van der Waals surface area contributed by atoms with Crippen LogP contribution in [0.15, 0.2) is 23.1 Å². The zero-order valence-corrected chi connectivity index (χ0v) is 13.8. The van der Waals surface area contributed by atoms with Crippen molar-refractivity contribution in [1.82, 2.24) is 4.72 Å². The van der Waals surface area contributed by atoms with E-state index in [9.17, 15) is 17.2 Å². The van der Waals surface area contributed by atoms with Gasteiger partial charge in [-0.05, 0) is 25.0 Å². The Morgan fingerprint density at radius 1 is 1.05 bits per heavy atom. The summed E-state index contributed by atoms with van der Waals surface area (Å²) in [5.41, 5.74) is 5.64. The maximum atomic E-state index is 13.1. The van der Waals surface area contributed by atoms with E-state index >= 15 is 0 Å². The van der Waals surface area contributed by atoms with Crippen molar-refractivity contribution in [2.45, 2.75) is 49.0 Å². The lowest BCUT2D eigenvalue weighted by Crippen LogP contribution is -2.49. The molecule has 2 rings (SSSR count). The fourth-order valence-electron chi connectivity index (χ4n) is 2.62. The van der Waals surface area contributed by atoms with E-state index < -0.39 is 32.1 Å². The Bertz CT molecular complexity index is 583. The number of benzene rings is 1.